The van der Waals surface area contributed by atoms with Crippen molar-refractivity contribution in [1.29, 1.82) is 0 Å². The number of nitrogens with zero attached hydrogens (tertiary/aromatic N) is 4. The Morgan fingerprint density at radius 1 is 1.53 bits per heavy atom. The van der Waals surface area contributed by atoms with Gasteiger partial charge in [-0.1, -0.05) is 6.92 Å². The number of nitrogens with one attached hydrogen (secondary N) is 2. The second kappa shape index (κ2) is 7.66. The fourth-order valence-electron chi connectivity index (χ4n) is 1.83. The van der Waals surface area contributed by atoms with E-state index in [-0.39, 0.29) is 24.0 Å². The molecule has 2 atom stereocenters. The van der Waals surface area contributed by atoms with Gasteiger partial charge in [0.05, 0.1) is 0 Å². The first kappa shape index (κ1) is 16.2. The molecule has 1 heterocycles. The second-order valence-corrected chi connectivity index (χ2v) is 4.69. The molecule has 0 aliphatic heterocycles. The molecule has 0 aromatic carbocycles. The number of guanidine groups is 1. The first-order valence-corrected chi connectivity index (χ1v) is 6.66. The first-order chi connectivity index (χ1) is 8.74. The van der Waals surface area contributed by atoms with Gasteiger partial charge in [0.1, 0.15) is 12.9 Å². The summed E-state index contributed by atoms with van der Waals surface area (Å²) >= 11 is 0. The van der Waals surface area contributed by atoms with Gasteiger partial charge in [0.25, 0.3) is 0 Å². The summed E-state index contributed by atoms with van der Waals surface area (Å²) in [4.78, 5) is 4.55. The third kappa shape index (κ3) is 4.63. The lowest BCUT2D eigenvalue weighted by Crippen LogP contribution is -2.39. The molecule has 108 valence electrons. The van der Waals surface area contributed by atoms with Gasteiger partial charge in [-0.3, -0.25) is 0 Å². The SMILES string of the molecule is CCNC(=NCc1nncn1CC)NC1CC1C.I. The summed E-state index contributed by atoms with van der Waals surface area (Å²) in [5, 5.41) is 14.7. The van der Waals surface area contributed by atoms with Gasteiger partial charge in [0.2, 0.25) is 0 Å². The van der Waals surface area contributed by atoms with Crippen molar-refractivity contribution < 1.29 is 0 Å². The van der Waals surface area contributed by atoms with Crippen LogP contribution in [0.1, 0.15) is 33.0 Å². The van der Waals surface area contributed by atoms with Crippen LogP contribution in [0.4, 0.5) is 0 Å². The molecule has 0 amide bonds. The molecular weight excluding hydrogens is 355 g/mol. The molecule has 2 unspecified atom stereocenters. The summed E-state index contributed by atoms with van der Waals surface area (Å²) < 4.78 is 2.01. The third-order valence-corrected chi connectivity index (χ3v) is 3.19. The fraction of sp³-hybridized carbons (Fsp3) is 0.750. The zero-order chi connectivity index (χ0) is 13.0. The van der Waals surface area contributed by atoms with Crippen LogP contribution in [0.2, 0.25) is 0 Å². The number of halogens is 1. The lowest BCUT2D eigenvalue weighted by Gasteiger charge is -2.10. The molecule has 7 heteroatoms. The number of aliphatic imine (C=N–C) groups is 1. The zero-order valence-electron chi connectivity index (χ0n) is 11.8. The number of hydrogen-bond donors (Lipinski definition) is 2. The predicted molar refractivity (Wildman–Crippen MR) is 86.6 cm³/mol. The van der Waals surface area contributed by atoms with E-state index in [9.17, 15) is 0 Å². The van der Waals surface area contributed by atoms with Crippen LogP contribution < -0.4 is 10.6 Å². The van der Waals surface area contributed by atoms with Crippen LogP contribution in [0.25, 0.3) is 0 Å². The number of aromatic nitrogens is 3. The molecule has 1 aliphatic carbocycles. The Balaban J connectivity index is 0.00000180. The summed E-state index contributed by atoms with van der Waals surface area (Å²) in [5.74, 6) is 2.53. The molecule has 1 fully saturated rings. The normalized spacial score (nSPS) is 21.7. The second-order valence-electron chi connectivity index (χ2n) is 4.69. The van der Waals surface area contributed by atoms with Crippen LogP contribution in [0.15, 0.2) is 11.3 Å². The summed E-state index contributed by atoms with van der Waals surface area (Å²) in [6, 6.07) is 0.576. The standard InChI is InChI=1S/C12H22N6.HI/c1-4-13-12(16-10-6-9(10)3)14-7-11-17-15-8-18(11)5-2;/h8-10H,4-7H2,1-3H3,(H2,13,14,16);1H. The Morgan fingerprint density at radius 2 is 2.26 bits per heavy atom. The van der Waals surface area contributed by atoms with E-state index in [0.717, 1.165) is 30.8 Å². The lowest BCUT2D eigenvalue weighted by atomic mass is 10.5. The molecule has 0 bridgehead atoms. The maximum absolute atomic E-state index is 4.55. The van der Waals surface area contributed by atoms with Crippen LogP contribution in [-0.2, 0) is 13.1 Å². The highest BCUT2D eigenvalue weighted by Crippen LogP contribution is 2.28. The van der Waals surface area contributed by atoms with Crippen LogP contribution in [0.5, 0.6) is 0 Å². The number of rotatable bonds is 5. The Bertz CT molecular complexity index is 416. The highest BCUT2D eigenvalue weighted by molar-refractivity contribution is 14.0. The van der Waals surface area contributed by atoms with Crippen molar-refractivity contribution in [3.63, 3.8) is 0 Å². The van der Waals surface area contributed by atoms with E-state index in [2.05, 4.69) is 46.6 Å². The quantitative estimate of drug-likeness (QED) is 0.462. The molecule has 0 radical (unpaired) electrons. The average molecular weight is 378 g/mol. The van der Waals surface area contributed by atoms with E-state index in [4.69, 9.17) is 0 Å². The summed E-state index contributed by atoms with van der Waals surface area (Å²) in [5.41, 5.74) is 0. The minimum Gasteiger partial charge on any atom is -0.357 e. The minimum absolute atomic E-state index is 0. The van der Waals surface area contributed by atoms with Crippen molar-refractivity contribution in [2.75, 3.05) is 6.54 Å². The van der Waals surface area contributed by atoms with Gasteiger partial charge < -0.3 is 15.2 Å². The highest BCUT2D eigenvalue weighted by atomic mass is 127. The Kier molecular flexibility index (Phi) is 6.53. The fourth-order valence-corrected chi connectivity index (χ4v) is 1.83. The average Bonchev–Trinajstić information content (AvgIpc) is 2.90. The zero-order valence-corrected chi connectivity index (χ0v) is 14.1. The third-order valence-electron chi connectivity index (χ3n) is 3.19. The monoisotopic (exact) mass is 378 g/mol. The molecule has 1 aromatic heterocycles. The molecule has 6 nitrogen and oxygen atoms in total. The number of hydrogen-bond acceptors (Lipinski definition) is 3. The Hall–Kier alpha value is -0.860. The first-order valence-electron chi connectivity index (χ1n) is 6.66. The van der Waals surface area contributed by atoms with E-state index >= 15 is 0 Å². The molecule has 2 rings (SSSR count). The minimum atomic E-state index is 0. The van der Waals surface area contributed by atoms with Crippen molar-refractivity contribution in [3.05, 3.63) is 12.2 Å². The van der Waals surface area contributed by atoms with Crippen molar-refractivity contribution in [2.24, 2.45) is 10.9 Å². The summed E-state index contributed by atoms with van der Waals surface area (Å²) in [7, 11) is 0. The van der Waals surface area contributed by atoms with Gasteiger partial charge in [0.15, 0.2) is 11.8 Å². The molecule has 1 aliphatic rings. The predicted octanol–water partition coefficient (Wildman–Crippen LogP) is 1.38. The molecule has 0 spiro atoms. The maximum atomic E-state index is 4.55. The van der Waals surface area contributed by atoms with E-state index in [0.29, 0.717) is 12.6 Å². The summed E-state index contributed by atoms with van der Waals surface area (Å²) in [6.45, 7) is 8.70. The van der Waals surface area contributed by atoms with E-state index < -0.39 is 0 Å². The van der Waals surface area contributed by atoms with Gasteiger partial charge in [-0.05, 0) is 26.2 Å². The van der Waals surface area contributed by atoms with Crippen molar-refractivity contribution in [1.82, 2.24) is 25.4 Å². The summed E-state index contributed by atoms with van der Waals surface area (Å²) in [6.07, 6.45) is 2.98. The molecule has 19 heavy (non-hydrogen) atoms. The maximum Gasteiger partial charge on any atom is 0.191 e. The van der Waals surface area contributed by atoms with Crippen LogP contribution in [0, 0.1) is 5.92 Å². The number of aryl methyl sites for hydroxylation is 1. The molecule has 2 N–H and O–H groups in total. The topological polar surface area (TPSA) is 67.1 Å². The van der Waals surface area contributed by atoms with Crippen LogP contribution in [-0.4, -0.2) is 33.3 Å². The Labute approximate surface area is 131 Å². The van der Waals surface area contributed by atoms with Crippen molar-refractivity contribution >= 4 is 29.9 Å². The highest BCUT2D eigenvalue weighted by Gasteiger charge is 2.33. The van der Waals surface area contributed by atoms with Crippen LogP contribution in [0.3, 0.4) is 0 Å². The smallest absolute Gasteiger partial charge is 0.191 e. The molecular formula is C12H23IN6. The van der Waals surface area contributed by atoms with Gasteiger partial charge in [-0.25, -0.2) is 4.99 Å². The Morgan fingerprint density at radius 3 is 2.84 bits per heavy atom. The van der Waals surface area contributed by atoms with Gasteiger partial charge in [0, 0.05) is 19.1 Å². The van der Waals surface area contributed by atoms with Crippen molar-refractivity contribution in [3.8, 4) is 0 Å². The molecule has 1 saturated carbocycles. The van der Waals surface area contributed by atoms with E-state index in [1.165, 1.54) is 6.42 Å². The van der Waals surface area contributed by atoms with Crippen molar-refractivity contribution in [2.45, 2.75) is 46.3 Å². The van der Waals surface area contributed by atoms with E-state index in [1.54, 1.807) is 6.33 Å². The van der Waals surface area contributed by atoms with Gasteiger partial charge >= 0.3 is 0 Å². The largest absolute Gasteiger partial charge is 0.357 e. The van der Waals surface area contributed by atoms with Gasteiger partial charge in [-0.2, -0.15) is 0 Å². The molecule has 1 aromatic rings. The lowest BCUT2D eigenvalue weighted by molar-refractivity contribution is 0.692. The van der Waals surface area contributed by atoms with E-state index in [1.807, 2.05) is 4.57 Å². The molecule has 0 saturated heterocycles. The van der Waals surface area contributed by atoms with Crippen LogP contribution >= 0.6 is 24.0 Å². The van der Waals surface area contributed by atoms with Gasteiger partial charge in [-0.15, -0.1) is 34.2 Å².